The van der Waals surface area contributed by atoms with Crippen LogP contribution < -0.4 is 5.32 Å². The number of urea groups is 1. The number of rotatable bonds is 3. The Morgan fingerprint density at radius 1 is 0.964 bits per heavy atom. The second-order valence-corrected chi connectivity index (χ2v) is 7.35. The molecule has 7 heteroatoms. The molecule has 1 aliphatic carbocycles. The van der Waals surface area contributed by atoms with Gasteiger partial charge in [-0.05, 0) is 42.7 Å². The quantitative estimate of drug-likeness (QED) is 0.822. The minimum absolute atomic E-state index is 0.0787. The third kappa shape index (κ3) is 4.14. The Morgan fingerprint density at radius 3 is 2.25 bits per heavy atom. The molecule has 2 aliphatic rings. The fraction of sp³-hybridized carbons (Fsp3) is 0.381. The number of hydrogen-bond donors (Lipinski definition) is 1. The standard InChI is InChI=1S/C21H22F3N3O/c22-21(23,24)16-6-8-17(9-7-16)25-20(28)27-13-12-26(18-10-11-18)14-19(27)15-4-2-1-3-5-15/h1-9,18-19H,10-14H2,(H,25,28). The minimum atomic E-state index is -4.39. The maximum atomic E-state index is 12.9. The number of halogens is 3. The molecule has 1 aliphatic heterocycles. The molecule has 148 valence electrons. The van der Waals surface area contributed by atoms with Crippen LogP contribution in [-0.4, -0.2) is 41.5 Å². The van der Waals surface area contributed by atoms with Crippen molar-refractivity contribution in [3.63, 3.8) is 0 Å². The number of carbonyl (C=O) groups excluding carboxylic acids is 1. The van der Waals surface area contributed by atoms with Gasteiger partial charge in [-0.25, -0.2) is 4.79 Å². The number of anilines is 1. The molecule has 1 unspecified atom stereocenters. The van der Waals surface area contributed by atoms with Gasteiger partial charge in [0.15, 0.2) is 0 Å². The second kappa shape index (κ2) is 7.47. The molecule has 1 N–H and O–H groups in total. The highest BCUT2D eigenvalue weighted by molar-refractivity contribution is 5.89. The lowest BCUT2D eigenvalue weighted by atomic mass is 10.0. The lowest BCUT2D eigenvalue weighted by Crippen LogP contribution is -2.52. The Labute approximate surface area is 161 Å². The molecule has 2 amide bonds. The summed E-state index contributed by atoms with van der Waals surface area (Å²) >= 11 is 0. The van der Waals surface area contributed by atoms with E-state index in [1.165, 1.54) is 25.0 Å². The van der Waals surface area contributed by atoms with E-state index < -0.39 is 11.7 Å². The van der Waals surface area contributed by atoms with E-state index in [0.717, 1.165) is 30.8 Å². The summed E-state index contributed by atoms with van der Waals surface area (Å²) in [6.45, 7) is 2.17. The van der Waals surface area contributed by atoms with E-state index in [2.05, 4.69) is 10.2 Å². The van der Waals surface area contributed by atoms with Gasteiger partial charge in [0.05, 0.1) is 11.6 Å². The molecule has 2 aromatic rings. The van der Waals surface area contributed by atoms with Crippen molar-refractivity contribution >= 4 is 11.7 Å². The molecule has 1 atom stereocenters. The molecule has 0 aromatic heterocycles. The Balaban J connectivity index is 1.49. The summed E-state index contributed by atoms with van der Waals surface area (Å²) in [6, 6.07) is 14.7. The first-order valence-electron chi connectivity index (χ1n) is 9.46. The minimum Gasteiger partial charge on any atom is -0.315 e. The van der Waals surface area contributed by atoms with Crippen LogP contribution >= 0.6 is 0 Å². The molecule has 4 nitrogen and oxygen atoms in total. The third-order valence-corrected chi connectivity index (χ3v) is 5.38. The average molecular weight is 389 g/mol. The van der Waals surface area contributed by atoms with Gasteiger partial charge in [0, 0.05) is 31.4 Å². The van der Waals surface area contributed by atoms with Crippen molar-refractivity contribution in [3.05, 3.63) is 65.7 Å². The molecule has 0 spiro atoms. The lowest BCUT2D eigenvalue weighted by molar-refractivity contribution is -0.137. The van der Waals surface area contributed by atoms with Crippen molar-refractivity contribution in [2.75, 3.05) is 25.0 Å². The predicted molar refractivity (Wildman–Crippen MR) is 101 cm³/mol. The number of alkyl halides is 3. The van der Waals surface area contributed by atoms with Gasteiger partial charge in [0.25, 0.3) is 0 Å². The number of nitrogens with one attached hydrogen (secondary N) is 1. The van der Waals surface area contributed by atoms with E-state index in [-0.39, 0.29) is 12.1 Å². The predicted octanol–water partition coefficient (Wildman–Crippen LogP) is 4.76. The molecule has 1 heterocycles. The van der Waals surface area contributed by atoms with E-state index in [1.54, 1.807) is 4.90 Å². The number of hydrogen-bond acceptors (Lipinski definition) is 2. The summed E-state index contributed by atoms with van der Waals surface area (Å²) in [6.07, 6.45) is -1.97. The van der Waals surface area contributed by atoms with Crippen LogP contribution in [0.3, 0.4) is 0 Å². The van der Waals surface area contributed by atoms with Gasteiger partial charge in [0.1, 0.15) is 0 Å². The summed E-state index contributed by atoms with van der Waals surface area (Å²) in [5.41, 5.74) is 0.690. The number of carbonyl (C=O) groups is 1. The normalized spacial score (nSPS) is 20.8. The maximum Gasteiger partial charge on any atom is 0.416 e. The molecular formula is C21H22F3N3O. The molecule has 2 aromatic carbocycles. The monoisotopic (exact) mass is 389 g/mol. The van der Waals surface area contributed by atoms with E-state index >= 15 is 0 Å². The fourth-order valence-electron chi connectivity index (χ4n) is 3.72. The van der Waals surface area contributed by atoms with Crippen molar-refractivity contribution < 1.29 is 18.0 Å². The number of piperazine rings is 1. The number of benzene rings is 2. The van der Waals surface area contributed by atoms with Gasteiger partial charge in [0.2, 0.25) is 0 Å². The van der Waals surface area contributed by atoms with E-state index in [1.807, 2.05) is 30.3 Å². The summed E-state index contributed by atoms with van der Waals surface area (Å²) in [5, 5.41) is 2.75. The van der Waals surface area contributed by atoms with Gasteiger partial charge < -0.3 is 10.2 Å². The molecule has 2 fully saturated rings. The van der Waals surface area contributed by atoms with Gasteiger partial charge in [-0.1, -0.05) is 30.3 Å². The Kier molecular flexibility index (Phi) is 5.02. The van der Waals surface area contributed by atoms with Crippen molar-refractivity contribution in [3.8, 4) is 0 Å². The Bertz CT molecular complexity index is 819. The Morgan fingerprint density at radius 2 is 1.64 bits per heavy atom. The first-order valence-corrected chi connectivity index (χ1v) is 9.46. The molecule has 0 radical (unpaired) electrons. The van der Waals surface area contributed by atoms with Crippen LogP contribution in [0.25, 0.3) is 0 Å². The highest BCUT2D eigenvalue weighted by Gasteiger charge is 2.38. The SMILES string of the molecule is O=C(Nc1ccc(C(F)(F)F)cc1)N1CCN(C2CC2)CC1c1ccccc1. The van der Waals surface area contributed by atoms with Gasteiger partial charge in [-0.15, -0.1) is 0 Å². The molecule has 28 heavy (non-hydrogen) atoms. The van der Waals surface area contributed by atoms with Crippen LogP contribution in [0, 0.1) is 0 Å². The summed E-state index contributed by atoms with van der Waals surface area (Å²) in [4.78, 5) is 17.1. The lowest BCUT2D eigenvalue weighted by Gasteiger charge is -2.41. The largest absolute Gasteiger partial charge is 0.416 e. The highest BCUT2D eigenvalue weighted by Crippen LogP contribution is 2.34. The van der Waals surface area contributed by atoms with Crippen LogP contribution in [0.2, 0.25) is 0 Å². The second-order valence-electron chi connectivity index (χ2n) is 7.35. The molecule has 1 saturated carbocycles. The maximum absolute atomic E-state index is 12.9. The van der Waals surface area contributed by atoms with E-state index in [9.17, 15) is 18.0 Å². The van der Waals surface area contributed by atoms with Crippen molar-refractivity contribution in [1.82, 2.24) is 9.80 Å². The zero-order chi connectivity index (χ0) is 19.7. The fourth-order valence-corrected chi connectivity index (χ4v) is 3.72. The zero-order valence-electron chi connectivity index (χ0n) is 15.3. The van der Waals surface area contributed by atoms with Gasteiger partial charge in [-0.2, -0.15) is 13.2 Å². The zero-order valence-corrected chi connectivity index (χ0v) is 15.3. The average Bonchev–Trinajstić information content (AvgIpc) is 3.53. The number of nitrogens with zero attached hydrogens (tertiary/aromatic N) is 2. The van der Waals surface area contributed by atoms with Crippen LogP contribution in [0.4, 0.5) is 23.7 Å². The van der Waals surface area contributed by atoms with Gasteiger partial charge >= 0.3 is 12.2 Å². The van der Waals surface area contributed by atoms with Crippen LogP contribution in [0.1, 0.15) is 30.0 Å². The van der Waals surface area contributed by atoms with Crippen LogP contribution in [-0.2, 0) is 6.18 Å². The third-order valence-electron chi connectivity index (χ3n) is 5.38. The smallest absolute Gasteiger partial charge is 0.315 e. The molecular weight excluding hydrogens is 367 g/mol. The van der Waals surface area contributed by atoms with Gasteiger partial charge in [-0.3, -0.25) is 4.90 Å². The molecule has 1 saturated heterocycles. The van der Waals surface area contributed by atoms with Crippen molar-refractivity contribution in [1.29, 1.82) is 0 Å². The van der Waals surface area contributed by atoms with Crippen LogP contribution in [0.15, 0.2) is 54.6 Å². The van der Waals surface area contributed by atoms with Crippen LogP contribution in [0.5, 0.6) is 0 Å². The van der Waals surface area contributed by atoms with Crippen molar-refractivity contribution in [2.24, 2.45) is 0 Å². The van der Waals surface area contributed by atoms with E-state index in [4.69, 9.17) is 0 Å². The number of amides is 2. The van der Waals surface area contributed by atoms with E-state index in [0.29, 0.717) is 18.3 Å². The summed E-state index contributed by atoms with van der Waals surface area (Å²) in [5.74, 6) is 0. The highest BCUT2D eigenvalue weighted by atomic mass is 19.4. The first kappa shape index (κ1) is 18.8. The molecule has 0 bridgehead atoms. The Hall–Kier alpha value is -2.54. The van der Waals surface area contributed by atoms with Crippen molar-refractivity contribution in [2.45, 2.75) is 31.1 Å². The first-order chi connectivity index (χ1) is 13.4. The topological polar surface area (TPSA) is 35.6 Å². The summed E-state index contributed by atoms with van der Waals surface area (Å²) < 4.78 is 38.2. The molecule has 4 rings (SSSR count). The summed E-state index contributed by atoms with van der Waals surface area (Å²) in [7, 11) is 0.